The average molecular weight is 392 g/mol. The fourth-order valence-corrected chi connectivity index (χ4v) is 3.29. The smallest absolute Gasteiger partial charge is 0.227 e. The van der Waals surface area contributed by atoms with E-state index in [0.29, 0.717) is 53.6 Å². The first kappa shape index (κ1) is 16.9. The minimum Gasteiger partial charge on any atom is -0.486 e. The number of benzene rings is 1. The van der Waals surface area contributed by atoms with E-state index in [1.807, 2.05) is 16.8 Å². The second-order valence-corrected chi connectivity index (χ2v) is 6.73. The van der Waals surface area contributed by atoms with Crippen LogP contribution in [0.15, 0.2) is 33.5 Å². The molecule has 0 saturated carbocycles. The van der Waals surface area contributed by atoms with Gasteiger partial charge < -0.3 is 19.3 Å². The molecule has 26 heavy (non-hydrogen) atoms. The van der Waals surface area contributed by atoms with Crippen molar-refractivity contribution in [3.05, 3.63) is 39.9 Å². The molecule has 9 heteroatoms. The van der Waals surface area contributed by atoms with E-state index in [-0.39, 0.29) is 12.3 Å². The first-order valence-electron chi connectivity index (χ1n) is 7.93. The second-order valence-electron chi connectivity index (χ2n) is 5.55. The number of halogens is 1. The molecule has 4 rings (SSSR count). The van der Waals surface area contributed by atoms with E-state index in [1.54, 1.807) is 23.5 Å². The Morgan fingerprint density at radius 2 is 2.08 bits per heavy atom. The van der Waals surface area contributed by atoms with Crippen LogP contribution in [-0.4, -0.2) is 29.3 Å². The van der Waals surface area contributed by atoms with E-state index in [0.717, 1.165) is 5.56 Å². The fraction of sp³-hybridized carbons (Fsp3) is 0.235. The molecule has 0 saturated heterocycles. The van der Waals surface area contributed by atoms with Gasteiger partial charge in [-0.3, -0.25) is 4.79 Å². The molecule has 0 radical (unpaired) electrons. The van der Waals surface area contributed by atoms with Crippen LogP contribution < -0.4 is 14.8 Å². The monoisotopic (exact) mass is 391 g/mol. The largest absolute Gasteiger partial charge is 0.486 e. The van der Waals surface area contributed by atoms with Gasteiger partial charge in [-0.1, -0.05) is 16.8 Å². The molecule has 2 aromatic heterocycles. The third-order valence-electron chi connectivity index (χ3n) is 3.72. The number of nitrogens with zero attached hydrogens (tertiary/aromatic N) is 2. The van der Waals surface area contributed by atoms with Gasteiger partial charge in [0.15, 0.2) is 11.5 Å². The van der Waals surface area contributed by atoms with E-state index in [9.17, 15) is 4.79 Å². The summed E-state index contributed by atoms with van der Waals surface area (Å²) in [5.74, 6) is 1.87. The third kappa shape index (κ3) is 3.66. The molecule has 7 nitrogen and oxygen atoms in total. The number of hydrogen-bond donors (Lipinski definition) is 1. The van der Waals surface area contributed by atoms with Crippen LogP contribution in [0.1, 0.15) is 12.3 Å². The van der Waals surface area contributed by atoms with E-state index in [1.165, 1.54) is 0 Å². The normalized spacial score (nSPS) is 12.8. The van der Waals surface area contributed by atoms with Crippen molar-refractivity contribution in [1.82, 2.24) is 10.1 Å². The zero-order valence-corrected chi connectivity index (χ0v) is 15.1. The van der Waals surface area contributed by atoms with Gasteiger partial charge in [-0.15, -0.1) is 0 Å². The highest BCUT2D eigenvalue weighted by Gasteiger charge is 2.17. The summed E-state index contributed by atoms with van der Waals surface area (Å²) in [7, 11) is 0. The van der Waals surface area contributed by atoms with Crippen molar-refractivity contribution in [2.45, 2.75) is 12.8 Å². The standard InChI is InChI=1S/C17H14ClN3O4S/c18-11-7-13-14(24-5-4-23-13)8-12(11)19-15(22)1-2-16-20-17(21-25-16)10-3-6-26-9-10/h3,6-9H,1-2,4-5H2,(H,19,22). The lowest BCUT2D eigenvalue weighted by Crippen LogP contribution is -2.17. The zero-order chi connectivity index (χ0) is 17.9. The molecule has 0 atom stereocenters. The fourth-order valence-electron chi connectivity index (χ4n) is 2.46. The molecule has 1 amide bonds. The van der Waals surface area contributed by atoms with Crippen molar-refractivity contribution in [3.8, 4) is 22.9 Å². The van der Waals surface area contributed by atoms with Crippen LogP contribution in [-0.2, 0) is 11.2 Å². The lowest BCUT2D eigenvalue weighted by molar-refractivity contribution is -0.116. The minimum absolute atomic E-state index is 0.191. The highest BCUT2D eigenvalue weighted by Crippen LogP contribution is 2.38. The van der Waals surface area contributed by atoms with Crippen molar-refractivity contribution in [1.29, 1.82) is 0 Å². The summed E-state index contributed by atoms with van der Waals surface area (Å²) in [6.07, 6.45) is 0.529. The first-order chi connectivity index (χ1) is 12.7. The molecule has 0 fully saturated rings. The molecule has 3 aromatic rings. The molecular weight excluding hydrogens is 378 g/mol. The first-order valence-corrected chi connectivity index (χ1v) is 9.25. The highest BCUT2D eigenvalue weighted by molar-refractivity contribution is 7.08. The quantitative estimate of drug-likeness (QED) is 0.712. The Bertz CT molecular complexity index is 926. The number of hydrogen-bond acceptors (Lipinski definition) is 7. The highest BCUT2D eigenvalue weighted by atomic mass is 35.5. The lowest BCUT2D eigenvalue weighted by Gasteiger charge is -2.20. The van der Waals surface area contributed by atoms with Crippen molar-refractivity contribution >= 4 is 34.5 Å². The SMILES string of the molecule is O=C(CCc1nc(-c2ccsc2)no1)Nc1cc2c(cc1Cl)OCCO2. The summed E-state index contributed by atoms with van der Waals surface area (Å²) in [6, 6.07) is 5.21. The van der Waals surface area contributed by atoms with Crippen LogP contribution >= 0.6 is 22.9 Å². The molecule has 0 bridgehead atoms. The number of aromatic nitrogens is 2. The molecule has 1 N–H and O–H groups in total. The summed E-state index contributed by atoms with van der Waals surface area (Å²) >= 11 is 7.75. The third-order valence-corrected chi connectivity index (χ3v) is 4.72. The molecule has 3 heterocycles. The average Bonchev–Trinajstić information content (AvgIpc) is 3.32. The van der Waals surface area contributed by atoms with Gasteiger partial charge in [0.2, 0.25) is 17.6 Å². The van der Waals surface area contributed by atoms with Crippen LogP contribution in [0, 0.1) is 0 Å². The number of nitrogens with one attached hydrogen (secondary N) is 1. The van der Waals surface area contributed by atoms with Gasteiger partial charge in [0.1, 0.15) is 13.2 Å². The number of thiophene rings is 1. The Balaban J connectivity index is 1.37. The summed E-state index contributed by atoms with van der Waals surface area (Å²) in [6.45, 7) is 0.943. The van der Waals surface area contributed by atoms with Crippen LogP contribution in [0.2, 0.25) is 5.02 Å². The van der Waals surface area contributed by atoms with Gasteiger partial charge in [-0.05, 0) is 11.4 Å². The summed E-state index contributed by atoms with van der Waals surface area (Å²) < 4.78 is 16.1. The van der Waals surface area contributed by atoms with E-state index in [2.05, 4.69) is 15.5 Å². The van der Waals surface area contributed by atoms with Gasteiger partial charge in [0.05, 0.1) is 10.7 Å². The number of ether oxygens (including phenoxy) is 2. The van der Waals surface area contributed by atoms with Crippen LogP contribution in [0.4, 0.5) is 5.69 Å². The molecule has 1 aliphatic rings. The van der Waals surface area contributed by atoms with Crippen LogP contribution in [0.25, 0.3) is 11.4 Å². The van der Waals surface area contributed by atoms with Crippen molar-refractivity contribution in [2.24, 2.45) is 0 Å². The number of anilines is 1. The maximum Gasteiger partial charge on any atom is 0.227 e. The van der Waals surface area contributed by atoms with Gasteiger partial charge in [0, 0.05) is 35.9 Å². The molecular formula is C17H14ClN3O4S. The lowest BCUT2D eigenvalue weighted by atomic mass is 10.2. The van der Waals surface area contributed by atoms with Crippen LogP contribution in [0.5, 0.6) is 11.5 Å². The topological polar surface area (TPSA) is 86.5 Å². The Hall–Kier alpha value is -2.58. The predicted molar refractivity (Wildman–Crippen MR) is 97.0 cm³/mol. The second kappa shape index (κ2) is 7.35. The van der Waals surface area contributed by atoms with Gasteiger partial charge in [-0.2, -0.15) is 16.3 Å². The summed E-state index contributed by atoms with van der Waals surface area (Å²) in [5, 5.41) is 11.0. The summed E-state index contributed by atoms with van der Waals surface area (Å²) in [5.41, 5.74) is 1.38. The molecule has 134 valence electrons. The van der Waals surface area contributed by atoms with Gasteiger partial charge in [-0.25, -0.2) is 0 Å². The molecule has 0 unspecified atom stereocenters. The molecule has 0 spiro atoms. The minimum atomic E-state index is -0.209. The zero-order valence-electron chi connectivity index (χ0n) is 13.5. The number of rotatable bonds is 5. The van der Waals surface area contributed by atoms with Crippen LogP contribution in [0.3, 0.4) is 0 Å². The van der Waals surface area contributed by atoms with Gasteiger partial charge >= 0.3 is 0 Å². The Kier molecular flexibility index (Phi) is 4.77. The Labute approximate surface area is 157 Å². The summed E-state index contributed by atoms with van der Waals surface area (Å²) in [4.78, 5) is 16.5. The Morgan fingerprint density at radius 1 is 1.27 bits per heavy atom. The maximum absolute atomic E-state index is 12.2. The van der Waals surface area contributed by atoms with Crippen molar-refractivity contribution in [3.63, 3.8) is 0 Å². The maximum atomic E-state index is 12.2. The number of fused-ring (bicyclic) bond motifs is 1. The number of carbonyl (C=O) groups excluding carboxylic acids is 1. The number of amides is 1. The molecule has 0 aliphatic carbocycles. The van der Waals surface area contributed by atoms with E-state index >= 15 is 0 Å². The van der Waals surface area contributed by atoms with Crippen molar-refractivity contribution < 1.29 is 18.8 Å². The number of aryl methyl sites for hydroxylation is 1. The Morgan fingerprint density at radius 3 is 2.85 bits per heavy atom. The van der Waals surface area contributed by atoms with Gasteiger partial charge in [0.25, 0.3) is 0 Å². The van der Waals surface area contributed by atoms with E-state index in [4.69, 9.17) is 25.6 Å². The number of carbonyl (C=O) groups is 1. The van der Waals surface area contributed by atoms with E-state index < -0.39 is 0 Å². The predicted octanol–water partition coefficient (Wildman–Crippen LogP) is 3.79. The molecule has 1 aliphatic heterocycles. The molecule has 1 aromatic carbocycles. The van der Waals surface area contributed by atoms with Crippen molar-refractivity contribution in [2.75, 3.05) is 18.5 Å².